The normalized spacial score (nSPS) is 20.7. The number of halogens is 1. The molecule has 2 atom stereocenters. The Hall–Kier alpha value is -3.49. The molecular formula is C19H17FN4O4. The first-order valence-electron chi connectivity index (χ1n) is 8.55. The Kier molecular flexibility index (Phi) is 4.42. The summed E-state index contributed by atoms with van der Waals surface area (Å²) < 4.78 is 23.9. The predicted molar refractivity (Wildman–Crippen MR) is 96.4 cm³/mol. The Morgan fingerprint density at radius 2 is 1.82 bits per heavy atom. The van der Waals surface area contributed by atoms with E-state index in [-0.39, 0.29) is 12.4 Å². The van der Waals surface area contributed by atoms with E-state index in [1.165, 1.54) is 31.4 Å². The number of benzene rings is 2. The molecule has 2 aliphatic rings. The van der Waals surface area contributed by atoms with Crippen molar-refractivity contribution >= 4 is 17.5 Å². The van der Waals surface area contributed by atoms with Gasteiger partial charge in [-0.15, -0.1) is 0 Å². The van der Waals surface area contributed by atoms with Gasteiger partial charge in [-0.1, -0.05) is 17.4 Å². The Morgan fingerprint density at radius 1 is 1.04 bits per heavy atom. The molecular weight excluding hydrogens is 367 g/mol. The number of rotatable bonds is 5. The second-order valence-electron chi connectivity index (χ2n) is 6.37. The van der Waals surface area contributed by atoms with Gasteiger partial charge in [-0.2, -0.15) is 5.11 Å². The van der Waals surface area contributed by atoms with E-state index in [0.29, 0.717) is 22.7 Å². The number of carbonyl (C=O) groups excluding carboxylic acids is 2. The third kappa shape index (κ3) is 2.84. The minimum atomic E-state index is -0.922. The molecule has 1 saturated heterocycles. The molecule has 28 heavy (non-hydrogen) atoms. The third-order valence-corrected chi connectivity index (χ3v) is 4.72. The van der Waals surface area contributed by atoms with Crippen LogP contribution in [0.3, 0.4) is 0 Å². The second kappa shape index (κ2) is 6.91. The van der Waals surface area contributed by atoms with Gasteiger partial charge in [0.15, 0.2) is 23.6 Å². The summed E-state index contributed by atoms with van der Waals surface area (Å²) in [7, 11) is 2.97. The van der Waals surface area contributed by atoms with Gasteiger partial charge in [0.2, 0.25) is 0 Å². The van der Waals surface area contributed by atoms with Crippen molar-refractivity contribution in [3.05, 3.63) is 53.8 Å². The third-order valence-electron chi connectivity index (χ3n) is 4.72. The lowest BCUT2D eigenvalue weighted by Crippen LogP contribution is -2.39. The summed E-state index contributed by atoms with van der Waals surface area (Å²) in [6, 6.07) is 8.99. The molecule has 0 unspecified atom stereocenters. The average molecular weight is 384 g/mol. The van der Waals surface area contributed by atoms with Crippen molar-refractivity contribution in [1.82, 2.24) is 5.01 Å². The highest BCUT2D eigenvalue weighted by atomic mass is 19.1. The van der Waals surface area contributed by atoms with Crippen LogP contribution in [0.1, 0.15) is 5.56 Å². The zero-order valence-corrected chi connectivity index (χ0v) is 15.2. The molecule has 2 aliphatic heterocycles. The summed E-state index contributed by atoms with van der Waals surface area (Å²) in [4.78, 5) is 26.9. The lowest BCUT2D eigenvalue weighted by atomic mass is 10.1. The van der Waals surface area contributed by atoms with Crippen LogP contribution in [-0.4, -0.2) is 43.1 Å². The van der Waals surface area contributed by atoms with Gasteiger partial charge >= 0.3 is 0 Å². The van der Waals surface area contributed by atoms with Crippen molar-refractivity contribution < 1.29 is 23.5 Å². The molecule has 0 spiro atoms. The molecule has 4 rings (SSSR count). The maximum atomic E-state index is 13.4. The van der Waals surface area contributed by atoms with E-state index in [1.807, 2.05) is 0 Å². The highest BCUT2D eigenvalue weighted by Crippen LogP contribution is 2.36. The van der Waals surface area contributed by atoms with E-state index < -0.39 is 23.9 Å². The molecule has 0 N–H and O–H groups in total. The SMILES string of the molecule is COc1ccc(N2C(=O)[C@H]3N=NN(Cc4cccc(F)c4)[C@@H]3C2=O)cc1OC. The summed E-state index contributed by atoms with van der Waals surface area (Å²) in [5.41, 5.74) is 0.993. The number of hydrogen-bond acceptors (Lipinski definition) is 7. The highest BCUT2D eigenvalue weighted by Gasteiger charge is 2.54. The topological polar surface area (TPSA) is 83.8 Å². The molecule has 0 aromatic heterocycles. The molecule has 0 aliphatic carbocycles. The van der Waals surface area contributed by atoms with Crippen molar-refractivity contribution in [2.24, 2.45) is 10.3 Å². The molecule has 2 aromatic rings. The van der Waals surface area contributed by atoms with Gasteiger partial charge in [-0.05, 0) is 29.8 Å². The molecule has 144 valence electrons. The number of anilines is 1. The predicted octanol–water partition coefficient (Wildman–Crippen LogP) is 2.34. The van der Waals surface area contributed by atoms with Crippen LogP contribution in [0, 0.1) is 5.82 Å². The van der Waals surface area contributed by atoms with E-state index in [1.54, 1.807) is 30.3 Å². The molecule has 1 fully saturated rings. The highest BCUT2D eigenvalue weighted by molar-refractivity contribution is 6.25. The monoisotopic (exact) mass is 384 g/mol. The lowest BCUT2D eigenvalue weighted by Gasteiger charge is -2.21. The van der Waals surface area contributed by atoms with Crippen LogP contribution in [0.2, 0.25) is 0 Å². The zero-order valence-electron chi connectivity index (χ0n) is 15.2. The van der Waals surface area contributed by atoms with Gasteiger partial charge in [0, 0.05) is 6.07 Å². The minimum Gasteiger partial charge on any atom is -0.493 e. The number of nitrogens with zero attached hydrogens (tertiary/aromatic N) is 4. The van der Waals surface area contributed by atoms with Gasteiger partial charge in [-0.25, -0.2) is 9.29 Å². The fourth-order valence-electron chi connectivity index (χ4n) is 3.39. The fraction of sp³-hybridized carbons (Fsp3) is 0.263. The van der Waals surface area contributed by atoms with E-state index in [0.717, 1.165) is 4.90 Å². The molecule has 0 saturated carbocycles. The van der Waals surface area contributed by atoms with Crippen LogP contribution in [0.15, 0.2) is 52.8 Å². The number of fused-ring (bicyclic) bond motifs is 1. The van der Waals surface area contributed by atoms with Gasteiger partial charge in [0.1, 0.15) is 5.82 Å². The minimum absolute atomic E-state index is 0.168. The maximum absolute atomic E-state index is 13.4. The van der Waals surface area contributed by atoms with E-state index in [4.69, 9.17) is 9.47 Å². The zero-order chi connectivity index (χ0) is 19.8. The first-order valence-corrected chi connectivity index (χ1v) is 8.55. The van der Waals surface area contributed by atoms with Crippen LogP contribution in [0.4, 0.5) is 10.1 Å². The number of imide groups is 1. The maximum Gasteiger partial charge on any atom is 0.263 e. The van der Waals surface area contributed by atoms with Crippen LogP contribution >= 0.6 is 0 Å². The van der Waals surface area contributed by atoms with Crippen LogP contribution in [0.25, 0.3) is 0 Å². The Morgan fingerprint density at radius 3 is 2.54 bits per heavy atom. The molecule has 0 bridgehead atoms. The van der Waals surface area contributed by atoms with Crippen molar-refractivity contribution in [3.63, 3.8) is 0 Å². The van der Waals surface area contributed by atoms with Crippen molar-refractivity contribution in [2.75, 3.05) is 19.1 Å². The quantitative estimate of drug-likeness (QED) is 0.739. The van der Waals surface area contributed by atoms with Crippen molar-refractivity contribution in [1.29, 1.82) is 0 Å². The van der Waals surface area contributed by atoms with Gasteiger partial charge in [0.25, 0.3) is 11.8 Å². The van der Waals surface area contributed by atoms with E-state index >= 15 is 0 Å². The number of carbonyl (C=O) groups is 2. The van der Waals surface area contributed by atoms with Crippen LogP contribution in [0.5, 0.6) is 11.5 Å². The van der Waals surface area contributed by atoms with Gasteiger partial charge in [0.05, 0.1) is 26.5 Å². The average Bonchev–Trinajstić information content (AvgIpc) is 3.21. The standard InChI is InChI=1S/C19H17FN4O4/c1-27-14-7-6-13(9-15(14)28-2)24-18(25)16-17(19(24)26)23(22-21-16)10-11-4-3-5-12(20)8-11/h3-9,16-17H,10H2,1-2H3/t16-,17-/m0/s1. The number of ether oxygens (including phenoxy) is 2. The van der Waals surface area contributed by atoms with Crippen LogP contribution in [-0.2, 0) is 16.1 Å². The number of amides is 2. The Balaban J connectivity index is 1.61. The van der Waals surface area contributed by atoms with Crippen molar-refractivity contribution in [3.8, 4) is 11.5 Å². The molecule has 2 heterocycles. The Bertz CT molecular complexity index is 980. The van der Waals surface area contributed by atoms with Crippen LogP contribution < -0.4 is 14.4 Å². The number of methoxy groups -OCH3 is 2. The fourth-order valence-corrected chi connectivity index (χ4v) is 3.39. The summed E-state index contributed by atoms with van der Waals surface area (Å²) in [5, 5.41) is 9.35. The smallest absolute Gasteiger partial charge is 0.263 e. The largest absolute Gasteiger partial charge is 0.493 e. The summed E-state index contributed by atoms with van der Waals surface area (Å²) in [6.45, 7) is 0.168. The second-order valence-corrected chi connectivity index (χ2v) is 6.37. The Labute approximate surface area is 160 Å². The van der Waals surface area contributed by atoms with Gasteiger partial charge < -0.3 is 9.47 Å². The molecule has 2 aromatic carbocycles. The lowest BCUT2D eigenvalue weighted by molar-refractivity contribution is -0.123. The summed E-state index contributed by atoms with van der Waals surface area (Å²) in [6.07, 6.45) is 0. The molecule has 2 amide bonds. The first-order chi connectivity index (χ1) is 13.5. The summed E-state index contributed by atoms with van der Waals surface area (Å²) in [5.74, 6) is -0.406. The first kappa shape index (κ1) is 17.9. The molecule has 0 radical (unpaired) electrons. The van der Waals surface area contributed by atoms with Crippen molar-refractivity contribution in [2.45, 2.75) is 18.6 Å². The molecule has 8 nitrogen and oxygen atoms in total. The summed E-state index contributed by atoms with van der Waals surface area (Å²) >= 11 is 0. The molecule has 9 heteroatoms. The van der Waals surface area contributed by atoms with Gasteiger partial charge in [-0.3, -0.25) is 14.6 Å². The van der Waals surface area contributed by atoms with E-state index in [9.17, 15) is 14.0 Å². The number of hydrogen-bond donors (Lipinski definition) is 0. The van der Waals surface area contributed by atoms with E-state index in [2.05, 4.69) is 10.3 Å².